The molecule has 0 bridgehead atoms. The summed E-state index contributed by atoms with van der Waals surface area (Å²) in [6, 6.07) is 99.7. The lowest BCUT2D eigenvalue weighted by molar-refractivity contribution is 0.00578. The molecule has 1 aliphatic rings. The van der Waals surface area contributed by atoms with Gasteiger partial charge in [0.2, 0.25) is 0 Å². The summed E-state index contributed by atoms with van der Waals surface area (Å²) in [6.45, 7) is 16.2. The number of nitrogens with zero attached hydrogens (tertiary/aromatic N) is 12. The molecule has 0 atom stereocenters. The number of hydrogen-bond acceptors (Lipinski definition) is 16. The Morgan fingerprint density at radius 2 is 0.588 bits per heavy atom. The molecule has 0 saturated carbocycles. The quantitative estimate of drug-likeness (QED) is 0.0969. The summed E-state index contributed by atoms with van der Waals surface area (Å²) in [4.78, 5) is 56.1. The standard InChI is InChI=1S/C44H32N6.C21H13BrClN3.C18H23BN2O2.C11H10BNO2/c1-29-25-30(2)47-41(46-29)36-22-18-32(19-23-36)38-26-37(31-16-20-33(21-17-31)40-15-9-10-24-45-40)27-39(28-38)44-49-42(34-11-5-3-6-12-34)48-43(50-44)35-13-7-4-8-14-35;22-17-11-16(12-18(23)13-17)21-25-19(14-7-3-1-4-8-14)24-20(26-21)15-9-5-2-6-10-15;1-12-11-13(2)21-16(20-12)14-7-9-15(10-8-14)19-22-17(3,4)18(5,6)23-19;14-12(15)10-6-4-9(5-7-10)11-3-1-2-8-13-11/h3-28H,1-2H3;1-13H;7-11H,1-6H3;1-8,14-15H. The van der Waals surface area contributed by atoms with E-state index in [0.29, 0.717) is 45.4 Å². The Morgan fingerprint density at radius 1 is 0.298 bits per heavy atom. The van der Waals surface area contributed by atoms with Gasteiger partial charge in [0.1, 0.15) is 0 Å². The highest BCUT2D eigenvalue weighted by atomic mass is 79.9. The number of benzene rings is 10. The van der Waals surface area contributed by atoms with Crippen molar-refractivity contribution >= 4 is 52.7 Å². The van der Waals surface area contributed by atoms with Crippen LogP contribution < -0.4 is 10.9 Å². The van der Waals surface area contributed by atoms with Crippen molar-refractivity contribution < 1.29 is 19.4 Å². The molecule has 0 unspecified atom stereocenters. The zero-order valence-electron chi connectivity index (χ0n) is 64.0. The van der Waals surface area contributed by atoms with Crippen LogP contribution in [0.15, 0.2) is 320 Å². The average molecular weight is 1580 g/mol. The summed E-state index contributed by atoms with van der Waals surface area (Å²) >= 11 is 9.69. The number of hydrogen-bond donors (Lipinski definition) is 2. The van der Waals surface area contributed by atoms with Crippen molar-refractivity contribution in [3.63, 3.8) is 0 Å². The van der Waals surface area contributed by atoms with E-state index in [1.54, 1.807) is 18.3 Å². The average Bonchev–Trinajstić information content (AvgIpc) is 1.71. The van der Waals surface area contributed by atoms with E-state index in [1.165, 1.54) is 0 Å². The fourth-order valence-electron chi connectivity index (χ4n) is 12.7. The van der Waals surface area contributed by atoms with Gasteiger partial charge in [0, 0.05) is 100 Å². The largest absolute Gasteiger partial charge is 0.494 e. The predicted octanol–water partition coefficient (Wildman–Crippen LogP) is 20.1. The van der Waals surface area contributed by atoms with Crippen LogP contribution in [0.3, 0.4) is 0 Å². The van der Waals surface area contributed by atoms with Gasteiger partial charge < -0.3 is 19.4 Å². The lowest BCUT2D eigenvalue weighted by Gasteiger charge is -2.32. The molecular weight excluding hydrogens is 1500 g/mol. The molecule has 0 aliphatic carbocycles. The summed E-state index contributed by atoms with van der Waals surface area (Å²) < 4.78 is 13.0. The van der Waals surface area contributed by atoms with Crippen LogP contribution in [-0.2, 0) is 9.31 Å². The number of aromatic nitrogens is 12. The van der Waals surface area contributed by atoms with Crippen LogP contribution >= 0.6 is 27.5 Å². The van der Waals surface area contributed by atoms with Crippen LogP contribution in [0.25, 0.3) is 136 Å². The van der Waals surface area contributed by atoms with Crippen LogP contribution in [0, 0.1) is 27.7 Å². The van der Waals surface area contributed by atoms with Crippen molar-refractivity contribution in [2.45, 2.75) is 66.6 Å². The predicted molar refractivity (Wildman–Crippen MR) is 462 cm³/mol. The smallest absolute Gasteiger partial charge is 0.423 e. The molecule has 16 aromatic rings. The molecule has 6 aromatic heterocycles. The maximum atomic E-state index is 8.93. The Kier molecular flexibility index (Phi) is 24.3. The first kappa shape index (κ1) is 78.1. The van der Waals surface area contributed by atoms with E-state index >= 15 is 0 Å². The van der Waals surface area contributed by atoms with E-state index in [0.717, 1.165) is 134 Å². The Balaban J connectivity index is 0.000000140. The Morgan fingerprint density at radius 3 is 0.930 bits per heavy atom. The first-order valence-electron chi connectivity index (χ1n) is 37.2. The lowest BCUT2D eigenvalue weighted by Crippen LogP contribution is -2.41. The molecule has 2 N–H and O–H groups in total. The topological polar surface area (TPSA) is 214 Å². The Labute approximate surface area is 677 Å². The fourth-order valence-corrected chi connectivity index (χ4v) is 13.5. The number of aryl methyl sites for hydroxylation is 4. The van der Waals surface area contributed by atoms with Gasteiger partial charge >= 0.3 is 14.2 Å². The molecule has 0 radical (unpaired) electrons. The first-order chi connectivity index (χ1) is 55.2. The van der Waals surface area contributed by atoms with Crippen molar-refractivity contribution in [2.24, 2.45) is 0 Å². The minimum absolute atomic E-state index is 0.326. The monoisotopic (exact) mass is 1570 g/mol. The summed E-state index contributed by atoms with van der Waals surface area (Å²) in [7, 11) is -1.75. The van der Waals surface area contributed by atoms with Gasteiger partial charge in [0.05, 0.1) is 22.6 Å². The second kappa shape index (κ2) is 35.4. The van der Waals surface area contributed by atoms with Crippen LogP contribution in [0.2, 0.25) is 5.02 Å². The van der Waals surface area contributed by atoms with E-state index in [4.69, 9.17) is 45.9 Å². The fraction of sp³-hybridized carbons (Fsp3) is 0.106. The lowest BCUT2D eigenvalue weighted by atomic mass is 9.79. The third kappa shape index (κ3) is 19.5. The Hall–Kier alpha value is -12.6. The van der Waals surface area contributed by atoms with E-state index < -0.39 is 7.12 Å². The van der Waals surface area contributed by atoms with Gasteiger partial charge in [-0.05, 0) is 161 Å². The summed E-state index contributed by atoms with van der Waals surface area (Å²) in [5.74, 6) is 5.17. The molecule has 7 heterocycles. The van der Waals surface area contributed by atoms with Crippen LogP contribution in [0.4, 0.5) is 0 Å². The molecule has 558 valence electrons. The molecule has 17 rings (SSSR count). The van der Waals surface area contributed by atoms with Crippen LogP contribution in [0.1, 0.15) is 50.5 Å². The second-order valence-electron chi connectivity index (χ2n) is 28.3. The molecule has 1 fully saturated rings. The van der Waals surface area contributed by atoms with Crippen molar-refractivity contribution in [3.05, 3.63) is 348 Å². The molecule has 1 aliphatic heterocycles. The Bertz CT molecular complexity index is 5770. The molecule has 16 nitrogen and oxygen atoms in total. The molecule has 0 amide bonds. The third-order valence-electron chi connectivity index (χ3n) is 19.2. The van der Waals surface area contributed by atoms with Gasteiger partial charge in [-0.3, -0.25) is 9.97 Å². The number of halogens is 2. The molecule has 20 heteroatoms. The van der Waals surface area contributed by atoms with Crippen molar-refractivity contribution in [1.82, 2.24) is 59.8 Å². The van der Waals surface area contributed by atoms with Gasteiger partial charge in [-0.1, -0.05) is 258 Å². The third-order valence-corrected chi connectivity index (χ3v) is 19.9. The molecule has 1 saturated heterocycles. The molecule has 114 heavy (non-hydrogen) atoms. The summed E-state index contributed by atoms with van der Waals surface area (Å²) in [5.41, 5.74) is 20.2. The van der Waals surface area contributed by atoms with E-state index in [2.05, 4.69) is 155 Å². The SMILES string of the molecule is Cc1cc(C)nc(-c2ccc(-c3cc(-c4ccc(-c5ccccn5)cc4)cc(-c4nc(-c5ccccc5)nc(-c5ccccc5)n4)c3)cc2)n1.Cc1cc(C)nc(-c2ccc(B3OC(C)(C)C(C)(C)O3)cc2)n1.Clc1cc(Br)cc(-c2nc(-c3ccccc3)nc(-c3ccccc3)n2)c1.OB(O)c1ccc(-c2ccccn2)cc1. The van der Waals surface area contributed by atoms with Crippen molar-refractivity contribution in [3.8, 4) is 136 Å². The van der Waals surface area contributed by atoms with E-state index in [9.17, 15) is 0 Å². The zero-order chi connectivity index (χ0) is 79.3. The second-order valence-corrected chi connectivity index (χ2v) is 29.6. The van der Waals surface area contributed by atoms with Crippen LogP contribution in [0.5, 0.6) is 0 Å². The van der Waals surface area contributed by atoms with E-state index in [-0.39, 0.29) is 18.3 Å². The normalized spacial score (nSPS) is 12.4. The first-order valence-corrected chi connectivity index (χ1v) is 38.3. The minimum Gasteiger partial charge on any atom is -0.423 e. The highest BCUT2D eigenvalue weighted by Crippen LogP contribution is 2.39. The minimum atomic E-state index is -1.41. The highest BCUT2D eigenvalue weighted by Gasteiger charge is 2.51. The molecule has 0 spiro atoms. The maximum absolute atomic E-state index is 8.93. The van der Waals surface area contributed by atoms with Gasteiger partial charge in [-0.15, -0.1) is 0 Å². The van der Waals surface area contributed by atoms with Gasteiger partial charge in [-0.25, -0.2) is 49.8 Å². The molecular formula is C94H78B2BrClN12O4. The number of pyridine rings is 2. The molecule has 10 aromatic carbocycles. The van der Waals surface area contributed by atoms with Gasteiger partial charge in [0.15, 0.2) is 46.6 Å². The summed E-state index contributed by atoms with van der Waals surface area (Å²) in [5, 5.41) is 18.5. The summed E-state index contributed by atoms with van der Waals surface area (Å²) in [6.07, 6.45) is 3.54. The van der Waals surface area contributed by atoms with Gasteiger partial charge in [-0.2, -0.15) is 0 Å². The van der Waals surface area contributed by atoms with Crippen molar-refractivity contribution in [2.75, 3.05) is 0 Å². The maximum Gasteiger partial charge on any atom is 0.494 e. The van der Waals surface area contributed by atoms with Crippen LogP contribution in [-0.4, -0.2) is 95.3 Å². The van der Waals surface area contributed by atoms with Gasteiger partial charge in [0.25, 0.3) is 0 Å². The zero-order valence-corrected chi connectivity index (χ0v) is 66.4. The number of rotatable bonds is 14. The highest BCUT2D eigenvalue weighted by molar-refractivity contribution is 9.10. The van der Waals surface area contributed by atoms with E-state index in [1.807, 2.05) is 258 Å². The van der Waals surface area contributed by atoms with Crippen molar-refractivity contribution in [1.29, 1.82) is 0 Å².